The Bertz CT molecular complexity index is 207. The Morgan fingerprint density at radius 1 is 0.933 bits per heavy atom. The molecular weight excluding hydrogens is 212 g/mol. The monoisotopic (exact) mass is 226 g/mol. The molecule has 0 heterocycles. The van der Waals surface area contributed by atoms with Crippen LogP contribution in [0.25, 0.3) is 0 Å². The van der Waals surface area contributed by atoms with E-state index in [0.717, 1.165) is 0 Å². The normalized spacial score (nSPS) is 21.5. The molecule has 0 rings (SSSR count). The van der Waals surface area contributed by atoms with Gasteiger partial charge in [0.25, 0.3) is 0 Å². The van der Waals surface area contributed by atoms with Crippen molar-refractivity contribution in [3.05, 3.63) is 0 Å². The van der Waals surface area contributed by atoms with Crippen molar-refractivity contribution in [2.45, 2.75) is 30.5 Å². The quantitative estimate of drug-likeness (QED) is 0.240. The number of rotatable bonds is 6. The first-order valence-electron chi connectivity index (χ1n) is 4.07. The third-order valence-corrected chi connectivity index (χ3v) is 1.86. The number of hydrogen-bond donors (Lipinski definition) is 7. The third-order valence-electron chi connectivity index (χ3n) is 1.86. The molecule has 0 aromatic heterocycles. The van der Waals surface area contributed by atoms with Crippen LogP contribution in [0.5, 0.6) is 0 Å². The standard InChI is InChI=1S/C7H14O8/c8-1-2(9)3(10)4(11)5(12)6(13)7(14)15/h2-6,8-13H,1H2,(H,14,15)/t2?,3?,4?,5?,6-/m1/s1. The molecule has 0 saturated carbocycles. The van der Waals surface area contributed by atoms with Crippen LogP contribution >= 0.6 is 0 Å². The Kier molecular flexibility index (Phi) is 5.65. The minimum absolute atomic E-state index is 0.881. The van der Waals surface area contributed by atoms with Gasteiger partial charge in [-0.05, 0) is 0 Å². The van der Waals surface area contributed by atoms with Gasteiger partial charge >= 0.3 is 5.97 Å². The molecule has 0 aliphatic carbocycles. The Hall–Kier alpha value is -0.770. The van der Waals surface area contributed by atoms with Gasteiger partial charge in [0.2, 0.25) is 0 Å². The van der Waals surface area contributed by atoms with Gasteiger partial charge in [0.05, 0.1) is 6.61 Å². The van der Waals surface area contributed by atoms with Gasteiger partial charge in [-0.15, -0.1) is 0 Å². The maximum Gasteiger partial charge on any atom is 0.335 e. The third kappa shape index (κ3) is 3.70. The smallest absolute Gasteiger partial charge is 0.335 e. The number of hydrogen-bond acceptors (Lipinski definition) is 7. The maximum atomic E-state index is 10.2. The van der Waals surface area contributed by atoms with Gasteiger partial charge in [0, 0.05) is 0 Å². The molecule has 0 aromatic carbocycles. The molecule has 0 aromatic rings. The van der Waals surface area contributed by atoms with Gasteiger partial charge in [-0.3, -0.25) is 0 Å². The van der Waals surface area contributed by atoms with E-state index >= 15 is 0 Å². The van der Waals surface area contributed by atoms with Crippen molar-refractivity contribution in [3.8, 4) is 0 Å². The van der Waals surface area contributed by atoms with E-state index in [-0.39, 0.29) is 0 Å². The van der Waals surface area contributed by atoms with Crippen LogP contribution < -0.4 is 0 Å². The van der Waals surface area contributed by atoms with Crippen LogP contribution in [-0.2, 0) is 4.79 Å². The molecule has 0 amide bonds. The van der Waals surface area contributed by atoms with Crippen molar-refractivity contribution in [3.63, 3.8) is 0 Å². The van der Waals surface area contributed by atoms with Crippen LogP contribution in [0.2, 0.25) is 0 Å². The van der Waals surface area contributed by atoms with Gasteiger partial charge in [-0.25, -0.2) is 4.79 Å². The molecule has 15 heavy (non-hydrogen) atoms. The molecule has 0 aliphatic heterocycles. The molecule has 0 aliphatic rings. The fourth-order valence-electron chi connectivity index (χ4n) is 0.870. The van der Waals surface area contributed by atoms with Crippen LogP contribution in [-0.4, -0.2) is 78.8 Å². The first-order chi connectivity index (χ1) is 6.82. The number of carboxylic acids is 1. The molecule has 0 saturated heterocycles. The first kappa shape index (κ1) is 14.2. The van der Waals surface area contributed by atoms with Gasteiger partial charge in [-0.2, -0.15) is 0 Å². The van der Waals surface area contributed by atoms with Crippen LogP contribution in [0.4, 0.5) is 0 Å². The zero-order chi connectivity index (χ0) is 12.2. The van der Waals surface area contributed by atoms with E-state index in [4.69, 9.17) is 35.7 Å². The van der Waals surface area contributed by atoms with Crippen molar-refractivity contribution in [2.24, 2.45) is 0 Å². The second-order valence-corrected chi connectivity index (χ2v) is 3.00. The molecule has 8 heteroatoms. The molecular formula is C7H14O8. The van der Waals surface area contributed by atoms with E-state index in [2.05, 4.69) is 0 Å². The summed E-state index contributed by atoms with van der Waals surface area (Å²) in [7, 11) is 0. The fraction of sp³-hybridized carbons (Fsp3) is 0.857. The molecule has 0 bridgehead atoms. The summed E-state index contributed by atoms with van der Waals surface area (Å²) in [5.41, 5.74) is 0. The van der Waals surface area contributed by atoms with E-state index in [9.17, 15) is 4.79 Å². The van der Waals surface area contributed by atoms with Crippen molar-refractivity contribution < 1.29 is 40.5 Å². The highest BCUT2D eigenvalue weighted by Gasteiger charge is 2.36. The number of aliphatic hydroxyl groups is 6. The highest BCUT2D eigenvalue weighted by atomic mass is 16.4. The van der Waals surface area contributed by atoms with Crippen LogP contribution in [0.1, 0.15) is 0 Å². The molecule has 0 fully saturated rings. The maximum absolute atomic E-state index is 10.2. The van der Waals surface area contributed by atoms with Crippen LogP contribution in [0.3, 0.4) is 0 Å². The summed E-state index contributed by atoms with van der Waals surface area (Å²) < 4.78 is 0. The summed E-state index contributed by atoms with van der Waals surface area (Å²) in [4.78, 5) is 10.2. The van der Waals surface area contributed by atoms with Gasteiger partial charge in [-0.1, -0.05) is 0 Å². The van der Waals surface area contributed by atoms with E-state index in [1.54, 1.807) is 0 Å². The molecule has 7 N–H and O–H groups in total. The Morgan fingerprint density at radius 2 is 1.40 bits per heavy atom. The second-order valence-electron chi connectivity index (χ2n) is 3.00. The number of carboxylic acid groups (broad SMARTS) is 1. The highest BCUT2D eigenvalue weighted by Crippen LogP contribution is 2.08. The van der Waals surface area contributed by atoms with Crippen LogP contribution in [0, 0.1) is 0 Å². The minimum atomic E-state index is -2.29. The Morgan fingerprint density at radius 3 is 1.73 bits per heavy atom. The zero-order valence-corrected chi connectivity index (χ0v) is 7.63. The number of aliphatic carboxylic acids is 1. The summed E-state index contributed by atoms with van der Waals surface area (Å²) in [5, 5.41) is 61.5. The zero-order valence-electron chi connectivity index (χ0n) is 7.63. The first-order valence-corrected chi connectivity index (χ1v) is 4.07. The summed E-state index contributed by atoms with van der Waals surface area (Å²) in [6.07, 6.45) is -10.2. The van der Waals surface area contributed by atoms with Crippen molar-refractivity contribution in [1.29, 1.82) is 0 Å². The highest BCUT2D eigenvalue weighted by molar-refractivity contribution is 5.72. The SMILES string of the molecule is O=C(O)[C@H](O)C(O)C(O)C(O)C(O)CO. The second kappa shape index (κ2) is 5.95. The average molecular weight is 226 g/mol. The van der Waals surface area contributed by atoms with Crippen molar-refractivity contribution in [1.82, 2.24) is 0 Å². The summed E-state index contributed by atoms with van der Waals surface area (Å²) >= 11 is 0. The lowest BCUT2D eigenvalue weighted by Crippen LogP contribution is -2.51. The largest absolute Gasteiger partial charge is 0.479 e. The number of carbonyl (C=O) groups is 1. The summed E-state index contributed by atoms with van der Waals surface area (Å²) in [6.45, 7) is -0.881. The van der Waals surface area contributed by atoms with Crippen LogP contribution in [0.15, 0.2) is 0 Å². The lowest BCUT2D eigenvalue weighted by atomic mass is 9.99. The van der Waals surface area contributed by atoms with Gasteiger partial charge in [0.1, 0.15) is 24.4 Å². The van der Waals surface area contributed by atoms with Gasteiger partial charge < -0.3 is 35.7 Å². The molecule has 4 unspecified atom stereocenters. The molecule has 0 radical (unpaired) electrons. The Balaban J connectivity index is 4.42. The molecule has 90 valence electrons. The van der Waals surface area contributed by atoms with E-state index in [1.807, 2.05) is 0 Å². The average Bonchev–Trinajstić information content (AvgIpc) is 2.23. The minimum Gasteiger partial charge on any atom is -0.479 e. The number of aliphatic hydroxyl groups excluding tert-OH is 6. The lowest BCUT2D eigenvalue weighted by Gasteiger charge is -2.26. The van der Waals surface area contributed by atoms with E-state index in [1.165, 1.54) is 0 Å². The van der Waals surface area contributed by atoms with Gasteiger partial charge in [0.15, 0.2) is 6.10 Å². The van der Waals surface area contributed by atoms with E-state index in [0.29, 0.717) is 0 Å². The fourth-order valence-corrected chi connectivity index (χ4v) is 0.870. The van der Waals surface area contributed by atoms with Crippen molar-refractivity contribution >= 4 is 5.97 Å². The molecule has 8 nitrogen and oxygen atoms in total. The summed E-state index contributed by atoms with van der Waals surface area (Å²) in [6, 6.07) is 0. The summed E-state index contributed by atoms with van der Waals surface area (Å²) in [5.74, 6) is -1.78. The predicted molar refractivity (Wildman–Crippen MR) is 44.8 cm³/mol. The van der Waals surface area contributed by atoms with Crippen molar-refractivity contribution in [2.75, 3.05) is 6.61 Å². The Labute approximate surface area is 84.7 Å². The molecule has 0 spiro atoms. The van der Waals surface area contributed by atoms with E-state index < -0.39 is 43.1 Å². The predicted octanol–water partition coefficient (Wildman–Crippen LogP) is -4.13. The molecule has 5 atom stereocenters. The topological polar surface area (TPSA) is 159 Å². The lowest BCUT2D eigenvalue weighted by molar-refractivity contribution is -0.169.